The third-order valence-corrected chi connectivity index (χ3v) is 3.88. The molecule has 1 aliphatic rings. The summed E-state index contributed by atoms with van der Waals surface area (Å²) in [7, 11) is 0. The number of rotatable bonds is 4. The van der Waals surface area contributed by atoms with Crippen molar-refractivity contribution in [1.82, 2.24) is 5.32 Å². The molecule has 0 aromatic rings. The first-order valence-electron chi connectivity index (χ1n) is 5.02. The fraction of sp³-hybridized carbons (Fsp3) is 0.778. The number of carbonyl (C=O) groups excluding carboxylic acids is 1. The van der Waals surface area contributed by atoms with Gasteiger partial charge in [0, 0.05) is 11.8 Å². The van der Waals surface area contributed by atoms with Crippen LogP contribution in [-0.2, 0) is 4.79 Å². The van der Waals surface area contributed by atoms with Crippen LogP contribution >= 0.6 is 11.8 Å². The second-order valence-corrected chi connectivity index (χ2v) is 5.03. The van der Waals surface area contributed by atoms with Gasteiger partial charge in [0.1, 0.15) is 0 Å². The van der Waals surface area contributed by atoms with Gasteiger partial charge in [-0.3, -0.25) is 4.79 Å². The third-order valence-electron chi connectivity index (χ3n) is 2.48. The molecule has 15 heavy (non-hydrogen) atoms. The van der Waals surface area contributed by atoms with Crippen molar-refractivity contribution in [1.29, 1.82) is 0 Å². The van der Waals surface area contributed by atoms with Crippen LogP contribution in [0, 0.1) is 5.92 Å². The van der Waals surface area contributed by atoms with E-state index in [4.69, 9.17) is 10.9 Å². The molecule has 0 saturated carbocycles. The van der Waals surface area contributed by atoms with Gasteiger partial charge in [-0.15, -0.1) is 0 Å². The van der Waals surface area contributed by atoms with Crippen LogP contribution in [-0.4, -0.2) is 34.5 Å². The van der Waals surface area contributed by atoms with E-state index in [1.807, 2.05) is 11.8 Å². The Balaban J connectivity index is 2.28. The van der Waals surface area contributed by atoms with Crippen LogP contribution in [0.5, 0.6) is 0 Å². The Labute approximate surface area is 93.5 Å². The molecule has 1 heterocycles. The topological polar surface area (TPSA) is 87.7 Å². The maximum absolute atomic E-state index is 11.5. The van der Waals surface area contributed by atoms with Crippen molar-refractivity contribution in [3.8, 4) is 0 Å². The summed E-state index contributed by atoms with van der Waals surface area (Å²) in [4.78, 5) is 11.5. The van der Waals surface area contributed by atoms with Crippen LogP contribution in [0.2, 0.25) is 0 Å². The molecule has 0 radical (unpaired) electrons. The maximum Gasteiger partial charge on any atom is 0.230 e. The van der Waals surface area contributed by atoms with Gasteiger partial charge in [-0.1, -0.05) is 5.16 Å². The molecule has 0 aromatic carbocycles. The predicted octanol–water partition coefficient (Wildman–Crippen LogP) is 0.381. The van der Waals surface area contributed by atoms with E-state index < -0.39 is 5.92 Å². The molecule has 4 N–H and O–H groups in total. The number of hydrogen-bond acceptors (Lipinski definition) is 4. The van der Waals surface area contributed by atoms with Crippen molar-refractivity contribution in [2.24, 2.45) is 16.8 Å². The van der Waals surface area contributed by atoms with Crippen LogP contribution in [0.25, 0.3) is 0 Å². The predicted molar refractivity (Wildman–Crippen MR) is 61.1 cm³/mol. The molecule has 0 spiro atoms. The second-order valence-electron chi connectivity index (χ2n) is 3.63. The number of thioether (sulfide) groups is 1. The molecule has 1 rings (SSSR count). The van der Waals surface area contributed by atoms with Gasteiger partial charge < -0.3 is 16.3 Å². The van der Waals surface area contributed by atoms with Gasteiger partial charge in [-0.2, -0.15) is 11.8 Å². The summed E-state index contributed by atoms with van der Waals surface area (Å²) in [5.74, 6) is 0.377. The SMILES string of the molecule is CC(C(=O)NCC1CCCS1)C(N)=NO. The molecule has 0 bridgehead atoms. The Morgan fingerprint density at radius 2 is 2.53 bits per heavy atom. The highest BCUT2D eigenvalue weighted by atomic mass is 32.2. The van der Waals surface area contributed by atoms with E-state index in [0.717, 1.165) is 6.42 Å². The average Bonchev–Trinajstić information content (AvgIpc) is 2.76. The molecular weight excluding hydrogens is 214 g/mol. The minimum absolute atomic E-state index is 0.0495. The normalized spacial score (nSPS) is 23.8. The lowest BCUT2D eigenvalue weighted by molar-refractivity contribution is -0.122. The summed E-state index contributed by atoms with van der Waals surface area (Å²) in [6.07, 6.45) is 2.38. The van der Waals surface area contributed by atoms with E-state index in [9.17, 15) is 4.79 Å². The van der Waals surface area contributed by atoms with Crippen molar-refractivity contribution >= 4 is 23.5 Å². The molecule has 0 aromatic heterocycles. The molecule has 0 aliphatic carbocycles. The first-order valence-corrected chi connectivity index (χ1v) is 6.06. The first-order chi connectivity index (χ1) is 7.15. The molecule has 1 saturated heterocycles. The minimum Gasteiger partial charge on any atom is -0.409 e. The lowest BCUT2D eigenvalue weighted by atomic mass is 10.1. The van der Waals surface area contributed by atoms with Crippen molar-refractivity contribution < 1.29 is 10.0 Å². The lowest BCUT2D eigenvalue weighted by Gasteiger charge is -2.13. The molecule has 2 atom stereocenters. The largest absolute Gasteiger partial charge is 0.409 e. The quantitative estimate of drug-likeness (QED) is 0.282. The van der Waals surface area contributed by atoms with E-state index in [0.29, 0.717) is 11.8 Å². The van der Waals surface area contributed by atoms with E-state index in [1.165, 1.54) is 12.2 Å². The van der Waals surface area contributed by atoms with Crippen LogP contribution in [0.4, 0.5) is 0 Å². The first kappa shape index (κ1) is 12.2. The molecule has 86 valence electrons. The number of nitrogens with zero attached hydrogens (tertiary/aromatic N) is 1. The zero-order valence-corrected chi connectivity index (χ0v) is 9.59. The zero-order chi connectivity index (χ0) is 11.3. The fourth-order valence-electron chi connectivity index (χ4n) is 1.39. The van der Waals surface area contributed by atoms with Crippen molar-refractivity contribution in [3.05, 3.63) is 0 Å². The average molecular weight is 231 g/mol. The number of nitrogens with two attached hydrogens (primary N) is 1. The molecule has 2 unspecified atom stereocenters. The highest BCUT2D eigenvalue weighted by Gasteiger charge is 2.20. The van der Waals surface area contributed by atoms with Gasteiger partial charge in [0.25, 0.3) is 0 Å². The maximum atomic E-state index is 11.5. The van der Waals surface area contributed by atoms with Gasteiger partial charge in [-0.25, -0.2) is 0 Å². The number of amidine groups is 1. The fourth-order valence-corrected chi connectivity index (χ4v) is 2.59. The highest BCUT2D eigenvalue weighted by molar-refractivity contribution is 8.00. The Bertz CT molecular complexity index is 252. The number of oxime groups is 1. The standard InChI is InChI=1S/C9H17N3O2S/c1-6(8(10)12-14)9(13)11-5-7-3-2-4-15-7/h6-7,14H,2-5H2,1H3,(H2,10,12)(H,11,13). The summed E-state index contributed by atoms with van der Waals surface area (Å²) >= 11 is 1.88. The Hall–Kier alpha value is -0.910. The van der Waals surface area contributed by atoms with Crippen LogP contribution in [0.15, 0.2) is 5.16 Å². The number of hydrogen-bond donors (Lipinski definition) is 3. The molecular formula is C9H17N3O2S. The summed E-state index contributed by atoms with van der Waals surface area (Å²) in [6.45, 7) is 2.29. The summed E-state index contributed by atoms with van der Waals surface area (Å²) < 4.78 is 0. The van der Waals surface area contributed by atoms with Gasteiger partial charge in [0.2, 0.25) is 5.91 Å². The molecule has 1 amide bonds. The lowest BCUT2D eigenvalue weighted by Crippen LogP contribution is -2.39. The Kier molecular flexibility index (Phi) is 4.74. The summed E-state index contributed by atoms with van der Waals surface area (Å²) in [6, 6.07) is 0. The zero-order valence-electron chi connectivity index (χ0n) is 8.77. The van der Waals surface area contributed by atoms with E-state index in [-0.39, 0.29) is 11.7 Å². The number of nitrogens with one attached hydrogen (secondary N) is 1. The molecule has 5 nitrogen and oxygen atoms in total. The van der Waals surface area contributed by atoms with Crippen LogP contribution < -0.4 is 11.1 Å². The van der Waals surface area contributed by atoms with Gasteiger partial charge in [0.05, 0.1) is 5.92 Å². The van der Waals surface area contributed by atoms with Gasteiger partial charge in [0.15, 0.2) is 5.84 Å². The second kappa shape index (κ2) is 5.85. The number of amides is 1. The van der Waals surface area contributed by atoms with E-state index in [1.54, 1.807) is 6.92 Å². The monoisotopic (exact) mass is 231 g/mol. The third kappa shape index (κ3) is 3.62. The smallest absolute Gasteiger partial charge is 0.230 e. The van der Waals surface area contributed by atoms with Crippen LogP contribution in [0.3, 0.4) is 0 Å². The Morgan fingerprint density at radius 3 is 3.07 bits per heavy atom. The van der Waals surface area contributed by atoms with Gasteiger partial charge >= 0.3 is 0 Å². The van der Waals surface area contributed by atoms with Crippen LogP contribution in [0.1, 0.15) is 19.8 Å². The summed E-state index contributed by atoms with van der Waals surface area (Å²) in [5, 5.41) is 14.6. The molecule has 1 aliphatic heterocycles. The molecule has 1 fully saturated rings. The van der Waals surface area contributed by atoms with Crippen molar-refractivity contribution in [2.75, 3.05) is 12.3 Å². The van der Waals surface area contributed by atoms with E-state index in [2.05, 4.69) is 10.5 Å². The van der Waals surface area contributed by atoms with Gasteiger partial charge in [-0.05, 0) is 25.5 Å². The summed E-state index contributed by atoms with van der Waals surface area (Å²) in [5.41, 5.74) is 5.34. The van der Waals surface area contributed by atoms with Crippen molar-refractivity contribution in [2.45, 2.75) is 25.0 Å². The van der Waals surface area contributed by atoms with E-state index >= 15 is 0 Å². The van der Waals surface area contributed by atoms with Crippen molar-refractivity contribution in [3.63, 3.8) is 0 Å². The highest BCUT2D eigenvalue weighted by Crippen LogP contribution is 2.25. The Morgan fingerprint density at radius 1 is 1.80 bits per heavy atom. The number of carbonyl (C=O) groups is 1. The minimum atomic E-state index is -0.568. The molecule has 6 heteroatoms.